The molecule has 19 heavy (non-hydrogen) atoms. The molecule has 3 rings (SSSR count). The first kappa shape index (κ1) is 13.9. The van der Waals surface area contributed by atoms with Crippen LogP contribution in [0.15, 0.2) is 0 Å². The van der Waals surface area contributed by atoms with Crippen LogP contribution in [-0.2, 0) is 0 Å². The molecule has 1 N–H and O–H groups in total. The van der Waals surface area contributed by atoms with Gasteiger partial charge in [-0.3, -0.25) is 4.90 Å². The van der Waals surface area contributed by atoms with E-state index in [0.717, 1.165) is 18.0 Å². The number of rotatable bonds is 4. The van der Waals surface area contributed by atoms with Gasteiger partial charge in [0.2, 0.25) is 0 Å². The predicted octanol–water partition coefficient (Wildman–Crippen LogP) is 3.56. The summed E-state index contributed by atoms with van der Waals surface area (Å²) in [6.07, 6.45) is 16.2. The van der Waals surface area contributed by atoms with E-state index in [2.05, 4.69) is 10.2 Å². The summed E-state index contributed by atoms with van der Waals surface area (Å²) >= 11 is 0. The number of nitrogens with zero attached hydrogens (tertiary/aromatic N) is 1. The van der Waals surface area contributed by atoms with Crippen LogP contribution in [0.2, 0.25) is 0 Å². The van der Waals surface area contributed by atoms with E-state index in [1.807, 2.05) is 0 Å². The van der Waals surface area contributed by atoms with Crippen molar-refractivity contribution in [2.24, 2.45) is 5.92 Å². The van der Waals surface area contributed by atoms with Crippen molar-refractivity contribution in [2.45, 2.75) is 82.7 Å². The molecule has 0 aromatic rings. The molecular formula is C17H32N2. The van der Waals surface area contributed by atoms with Crippen molar-refractivity contribution < 1.29 is 0 Å². The minimum Gasteiger partial charge on any atom is -0.316 e. The van der Waals surface area contributed by atoms with E-state index in [0.29, 0.717) is 0 Å². The highest BCUT2D eigenvalue weighted by Crippen LogP contribution is 2.31. The van der Waals surface area contributed by atoms with E-state index >= 15 is 0 Å². The average molecular weight is 264 g/mol. The van der Waals surface area contributed by atoms with Gasteiger partial charge < -0.3 is 5.32 Å². The van der Waals surface area contributed by atoms with Crippen LogP contribution < -0.4 is 5.32 Å². The standard InChI is InChI=1S/C17H32N2/c1-3-7-16(8-4-1)19(14-15-11-12-18-13-15)17-9-5-2-6-10-17/h15-18H,1-14H2. The van der Waals surface area contributed by atoms with Crippen LogP contribution in [-0.4, -0.2) is 36.6 Å². The molecule has 0 radical (unpaired) electrons. The van der Waals surface area contributed by atoms with Crippen molar-refractivity contribution in [3.63, 3.8) is 0 Å². The Labute approximate surface area is 119 Å². The van der Waals surface area contributed by atoms with Crippen molar-refractivity contribution >= 4 is 0 Å². The molecule has 2 nitrogen and oxygen atoms in total. The summed E-state index contributed by atoms with van der Waals surface area (Å²) in [4.78, 5) is 2.98. The van der Waals surface area contributed by atoms with Crippen LogP contribution in [0.4, 0.5) is 0 Å². The lowest BCUT2D eigenvalue weighted by Gasteiger charge is -2.43. The molecule has 3 fully saturated rings. The fourth-order valence-electron chi connectivity index (χ4n) is 4.59. The summed E-state index contributed by atoms with van der Waals surface area (Å²) in [7, 11) is 0. The monoisotopic (exact) mass is 264 g/mol. The summed E-state index contributed by atoms with van der Waals surface area (Å²) in [5.74, 6) is 0.934. The summed E-state index contributed by atoms with van der Waals surface area (Å²) in [6, 6.07) is 1.86. The van der Waals surface area contributed by atoms with Crippen LogP contribution in [0.3, 0.4) is 0 Å². The normalized spacial score (nSPS) is 31.1. The smallest absolute Gasteiger partial charge is 0.00983 e. The molecule has 0 bridgehead atoms. The number of hydrogen-bond acceptors (Lipinski definition) is 2. The molecule has 110 valence electrons. The topological polar surface area (TPSA) is 15.3 Å². The Balaban J connectivity index is 1.62. The van der Waals surface area contributed by atoms with Crippen LogP contribution in [0, 0.1) is 5.92 Å². The molecule has 1 atom stereocenters. The quantitative estimate of drug-likeness (QED) is 0.835. The highest BCUT2D eigenvalue weighted by Gasteiger charge is 2.31. The van der Waals surface area contributed by atoms with Crippen LogP contribution in [0.5, 0.6) is 0 Å². The molecule has 0 spiro atoms. The Kier molecular flexibility index (Phi) is 5.17. The minimum atomic E-state index is 0.928. The minimum absolute atomic E-state index is 0.928. The molecular weight excluding hydrogens is 232 g/mol. The molecule has 1 unspecified atom stereocenters. The summed E-state index contributed by atoms with van der Waals surface area (Å²) in [5.41, 5.74) is 0. The lowest BCUT2D eigenvalue weighted by Crippen LogP contribution is -2.47. The van der Waals surface area contributed by atoms with Gasteiger partial charge in [0.15, 0.2) is 0 Å². The number of hydrogen-bond donors (Lipinski definition) is 1. The second kappa shape index (κ2) is 7.08. The molecule has 0 amide bonds. The van der Waals surface area contributed by atoms with E-state index < -0.39 is 0 Å². The molecule has 0 aromatic carbocycles. The molecule has 1 heterocycles. The Morgan fingerprint density at radius 3 is 1.79 bits per heavy atom. The first-order chi connectivity index (χ1) is 9.43. The molecule has 1 saturated heterocycles. The zero-order valence-electron chi connectivity index (χ0n) is 12.6. The third kappa shape index (κ3) is 3.72. The van der Waals surface area contributed by atoms with E-state index in [1.54, 1.807) is 0 Å². The van der Waals surface area contributed by atoms with Crippen molar-refractivity contribution in [3.8, 4) is 0 Å². The van der Waals surface area contributed by atoms with E-state index in [1.165, 1.54) is 90.3 Å². The summed E-state index contributed by atoms with van der Waals surface area (Å²) in [5, 5.41) is 3.56. The van der Waals surface area contributed by atoms with E-state index in [9.17, 15) is 0 Å². The van der Waals surface area contributed by atoms with Crippen molar-refractivity contribution in [1.29, 1.82) is 0 Å². The Hall–Kier alpha value is -0.0800. The van der Waals surface area contributed by atoms with Gasteiger partial charge >= 0.3 is 0 Å². The highest BCUT2D eigenvalue weighted by molar-refractivity contribution is 4.86. The largest absolute Gasteiger partial charge is 0.316 e. The van der Waals surface area contributed by atoms with Gasteiger partial charge in [-0.25, -0.2) is 0 Å². The van der Waals surface area contributed by atoms with Crippen molar-refractivity contribution in [2.75, 3.05) is 19.6 Å². The Morgan fingerprint density at radius 2 is 1.32 bits per heavy atom. The van der Waals surface area contributed by atoms with Gasteiger partial charge in [0, 0.05) is 18.6 Å². The van der Waals surface area contributed by atoms with Crippen LogP contribution >= 0.6 is 0 Å². The lowest BCUT2D eigenvalue weighted by atomic mass is 9.87. The zero-order valence-corrected chi connectivity index (χ0v) is 12.6. The lowest BCUT2D eigenvalue weighted by molar-refractivity contribution is 0.0667. The predicted molar refractivity (Wildman–Crippen MR) is 81.4 cm³/mol. The molecule has 2 saturated carbocycles. The van der Waals surface area contributed by atoms with Crippen LogP contribution in [0.1, 0.15) is 70.6 Å². The highest BCUT2D eigenvalue weighted by atomic mass is 15.2. The van der Waals surface area contributed by atoms with Crippen molar-refractivity contribution in [3.05, 3.63) is 0 Å². The molecule has 1 aliphatic heterocycles. The summed E-state index contributed by atoms with van der Waals surface area (Å²) in [6.45, 7) is 3.92. The number of nitrogens with one attached hydrogen (secondary N) is 1. The first-order valence-electron chi connectivity index (χ1n) is 8.90. The SMILES string of the molecule is C1CCC(N(CC2CCNC2)C2CCCCC2)CC1. The van der Waals surface area contributed by atoms with Crippen molar-refractivity contribution in [1.82, 2.24) is 10.2 Å². The second-order valence-corrected chi connectivity index (χ2v) is 7.14. The fourth-order valence-corrected chi connectivity index (χ4v) is 4.59. The van der Waals surface area contributed by atoms with E-state index in [4.69, 9.17) is 0 Å². The third-order valence-corrected chi connectivity index (χ3v) is 5.72. The first-order valence-corrected chi connectivity index (χ1v) is 8.90. The van der Waals surface area contributed by atoms with Gasteiger partial charge in [0.1, 0.15) is 0 Å². The third-order valence-electron chi connectivity index (χ3n) is 5.72. The molecule has 2 aliphatic carbocycles. The second-order valence-electron chi connectivity index (χ2n) is 7.14. The van der Waals surface area contributed by atoms with Gasteiger partial charge in [-0.05, 0) is 51.1 Å². The molecule has 3 aliphatic rings. The van der Waals surface area contributed by atoms with E-state index in [-0.39, 0.29) is 0 Å². The van der Waals surface area contributed by atoms with Gasteiger partial charge in [0.05, 0.1) is 0 Å². The maximum Gasteiger partial charge on any atom is 0.00983 e. The van der Waals surface area contributed by atoms with Gasteiger partial charge in [-0.1, -0.05) is 38.5 Å². The van der Waals surface area contributed by atoms with Gasteiger partial charge in [-0.15, -0.1) is 0 Å². The average Bonchev–Trinajstić information content (AvgIpc) is 3.00. The maximum absolute atomic E-state index is 3.56. The maximum atomic E-state index is 3.56. The van der Waals surface area contributed by atoms with Gasteiger partial charge in [-0.2, -0.15) is 0 Å². The Bertz CT molecular complexity index is 230. The fraction of sp³-hybridized carbons (Fsp3) is 1.00. The molecule has 2 heteroatoms. The van der Waals surface area contributed by atoms with Crippen LogP contribution in [0.25, 0.3) is 0 Å². The Morgan fingerprint density at radius 1 is 0.737 bits per heavy atom. The zero-order chi connectivity index (χ0) is 12.9. The molecule has 0 aromatic heterocycles. The van der Waals surface area contributed by atoms with Gasteiger partial charge in [0.25, 0.3) is 0 Å². The summed E-state index contributed by atoms with van der Waals surface area (Å²) < 4.78 is 0.